The summed E-state index contributed by atoms with van der Waals surface area (Å²) < 4.78 is 21.2. The summed E-state index contributed by atoms with van der Waals surface area (Å²) in [7, 11) is 3.04. The highest BCUT2D eigenvalue weighted by Gasteiger charge is 2.19. The van der Waals surface area contributed by atoms with Crippen molar-refractivity contribution in [2.45, 2.75) is 0 Å². The average Bonchev–Trinajstić information content (AvgIpc) is 3.32. The molecule has 0 aliphatic carbocycles. The lowest BCUT2D eigenvalue weighted by atomic mass is 10.1. The Morgan fingerprint density at radius 1 is 0.909 bits per heavy atom. The van der Waals surface area contributed by atoms with E-state index in [2.05, 4.69) is 10.6 Å². The zero-order chi connectivity index (χ0) is 23.2. The number of ether oxygens (including phenoxy) is 4. The minimum absolute atomic E-state index is 0.0422. The van der Waals surface area contributed by atoms with Crippen LogP contribution in [0.15, 0.2) is 72.4 Å². The van der Waals surface area contributed by atoms with Gasteiger partial charge in [0, 0.05) is 5.69 Å². The van der Waals surface area contributed by atoms with Crippen LogP contribution in [0.25, 0.3) is 6.08 Å². The molecule has 3 aromatic carbocycles. The molecule has 168 valence electrons. The van der Waals surface area contributed by atoms with Crippen LogP contribution in [-0.4, -0.2) is 32.8 Å². The molecule has 2 amide bonds. The first-order valence-electron chi connectivity index (χ1n) is 10.1. The van der Waals surface area contributed by atoms with Crippen LogP contribution in [-0.2, 0) is 4.79 Å². The number of para-hydroxylation sites is 1. The van der Waals surface area contributed by atoms with Gasteiger partial charge in [0.25, 0.3) is 11.8 Å². The summed E-state index contributed by atoms with van der Waals surface area (Å²) in [6, 6.07) is 18.9. The summed E-state index contributed by atoms with van der Waals surface area (Å²) in [5.74, 6) is 1.26. The zero-order valence-corrected chi connectivity index (χ0v) is 18.1. The highest BCUT2D eigenvalue weighted by Crippen LogP contribution is 2.33. The van der Waals surface area contributed by atoms with Crippen molar-refractivity contribution in [1.82, 2.24) is 5.32 Å². The molecule has 2 N–H and O–H groups in total. The summed E-state index contributed by atoms with van der Waals surface area (Å²) in [6.07, 6.45) is 1.56. The van der Waals surface area contributed by atoms with Crippen molar-refractivity contribution in [2.75, 3.05) is 26.3 Å². The van der Waals surface area contributed by atoms with E-state index in [9.17, 15) is 9.59 Å². The van der Waals surface area contributed by atoms with Gasteiger partial charge < -0.3 is 29.6 Å². The molecular weight excluding hydrogens is 424 g/mol. The number of hydrogen-bond donors (Lipinski definition) is 2. The highest BCUT2D eigenvalue weighted by atomic mass is 16.7. The van der Waals surface area contributed by atoms with E-state index in [1.165, 1.54) is 7.11 Å². The van der Waals surface area contributed by atoms with Crippen molar-refractivity contribution < 1.29 is 28.5 Å². The van der Waals surface area contributed by atoms with Crippen LogP contribution in [0.3, 0.4) is 0 Å². The second-order valence-electron chi connectivity index (χ2n) is 7.01. The third kappa shape index (κ3) is 5.07. The third-order valence-electron chi connectivity index (χ3n) is 4.90. The number of fused-ring (bicyclic) bond motifs is 1. The molecule has 0 saturated carbocycles. The summed E-state index contributed by atoms with van der Waals surface area (Å²) in [4.78, 5) is 26.1. The number of hydrogen-bond acceptors (Lipinski definition) is 6. The molecule has 1 aliphatic rings. The Hall–Kier alpha value is -4.46. The summed E-state index contributed by atoms with van der Waals surface area (Å²) in [6.45, 7) is 0.137. The van der Waals surface area contributed by atoms with Crippen molar-refractivity contribution in [1.29, 1.82) is 0 Å². The van der Waals surface area contributed by atoms with Gasteiger partial charge in [-0.1, -0.05) is 18.2 Å². The number of anilines is 1. The number of amides is 2. The van der Waals surface area contributed by atoms with Gasteiger partial charge in [0.15, 0.2) is 11.5 Å². The molecule has 0 atom stereocenters. The summed E-state index contributed by atoms with van der Waals surface area (Å²) in [5.41, 5.74) is 1.54. The molecule has 8 heteroatoms. The van der Waals surface area contributed by atoms with Crippen LogP contribution in [0.5, 0.6) is 23.0 Å². The first kappa shape index (κ1) is 21.8. The predicted octanol–water partition coefficient (Wildman–Crippen LogP) is 3.84. The van der Waals surface area contributed by atoms with Gasteiger partial charge in [-0.15, -0.1) is 0 Å². The van der Waals surface area contributed by atoms with Gasteiger partial charge in [0.1, 0.15) is 17.2 Å². The number of benzene rings is 3. The van der Waals surface area contributed by atoms with E-state index in [-0.39, 0.29) is 12.5 Å². The van der Waals surface area contributed by atoms with E-state index in [0.29, 0.717) is 39.8 Å². The van der Waals surface area contributed by atoms with Gasteiger partial charge >= 0.3 is 0 Å². The molecule has 0 aromatic heterocycles. The van der Waals surface area contributed by atoms with Gasteiger partial charge in [-0.05, 0) is 60.2 Å². The molecule has 4 rings (SSSR count). The minimum Gasteiger partial charge on any atom is -0.497 e. The topological polar surface area (TPSA) is 95.1 Å². The normalized spacial score (nSPS) is 12.1. The maximum atomic E-state index is 13.1. The van der Waals surface area contributed by atoms with Crippen LogP contribution in [0.1, 0.15) is 15.9 Å². The molecule has 0 saturated heterocycles. The van der Waals surface area contributed by atoms with Gasteiger partial charge in [0.05, 0.1) is 19.8 Å². The molecule has 8 nitrogen and oxygen atoms in total. The Morgan fingerprint density at radius 2 is 1.67 bits per heavy atom. The second-order valence-corrected chi connectivity index (χ2v) is 7.01. The smallest absolute Gasteiger partial charge is 0.272 e. The monoisotopic (exact) mass is 446 g/mol. The van der Waals surface area contributed by atoms with E-state index in [1.807, 2.05) is 0 Å². The number of nitrogens with one attached hydrogen (secondary N) is 2. The zero-order valence-electron chi connectivity index (χ0n) is 18.1. The molecule has 1 heterocycles. The van der Waals surface area contributed by atoms with Crippen molar-refractivity contribution in [3.05, 3.63) is 83.6 Å². The van der Waals surface area contributed by atoms with Crippen molar-refractivity contribution >= 4 is 23.6 Å². The fraction of sp³-hybridized carbons (Fsp3) is 0.120. The number of methoxy groups -OCH3 is 2. The predicted molar refractivity (Wildman–Crippen MR) is 123 cm³/mol. The van der Waals surface area contributed by atoms with Gasteiger partial charge in [-0.3, -0.25) is 9.59 Å². The lowest BCUT2D eigenvalue weighted by Gasteiger charge is -2.13. The van der Waals surface area contributed by atoms with Crippen LogP contribution in [0, 0.1) is 0 Å². The van der Waals surface area contributed by atoms with Crippen LogP contribution < -0.4 is 29.6 Å². The lowest BCUT2D eigenvalue weighted by Crippen LogP contribution is -2.31. The van der Waals surface area contributed by atoms with Crippen molar-refractivity contribution in [2.24, 2.45) is 0 Å². The molecule has 0 fully saturated rings. The van der Waals surface area contributed by atoms with Crippen molar-refractivity contribution in [3.63, 3.8) is 0 Å². The number of carbonyl (C=O) groups is 2. The quantitative estimate of drug-likeness (QED) is 0.536. The molecule has 33 heavy (non-hydrogen) atoms. The average molecular weight is 446 g/mol. The summed E-state index contributed by atoms with van der Waals surface area (Å²) in [5, 5.41) is 5.49. The van der Waals surface area contributed by atoms with E-state index in [0.717, 1.165) is 0 Å². The van der Waals surface area contributed by atoms with E-state index in [1.54, 1.807) is 79.9 Å². The molecular formula is C25H22N2O6. The van der Waals surface area contributed by atoms with E-state index >= 15 is 0 Å². The maximum Gasteiger partial charge on any atom is 0.272 e. The Bertz CT molecular complexity index is 1200. The van der Waals surface area contributed by atoms with Crippen molar-refractivity contribution in [3.8, 4) is 23.0 Å². The minimum atomic E-state index is -0.499. The van der Waals surface area contributed by atoms with Gasteiger partial charge in [-0.25, -0.2) is 0 Å². The molecule has 0 spiro atoms. The number of carbonyl (C=O) groups excluding carboxylic acids is 2. The first-order chi connectivity index (χ1) is 16.1. The van der Waals surface area contributed by atoms with Crippen LogP contribution in [0.4, 0.5) is 5.69 Å². The SMILES string of the molecule is COc1ccc(NC(=O)C(=Cc2ccc3c(c2)OCO3)NC(=O)c2ccccc2OC)cc1. The lowest BCUT2D eigenvalue weighted by molar-refractivity contribution is -0.113. The fourth-order valence-electron chi connectivity index (χ4n) is 3.22. The van der Waals surface area contributed by atoms with Crippen LogP contribution >= 0.6 is 0 Å². The first-order valence-corrected chi connectivity index (χ1v) is 10.1. The Morgan fingerprint density at radius 3 is 2.42 bits per heavy atom. The summed E-state index contributed by atoms with van der Waals surface area (Å²) >= 11 is 0. The third-order valence-corrected chi connectivity index (χ3v) is 4.90. The van der Waals surface area contributed by atoms with E-state index in [4.69, 9.17) is 18.9 Å². The molecule has 1 aliphatic heterocycles. The Balaban J connectivity index is 1.63. The highest BCUT2D eigenvalue weighted by molar-refractivity contribution is 6.11. The Kier molecular flexibility index (Phi) is 6.45. The standard InChI is InChI=1S/C25H22N2O6/c1-30-18-10-8-17(9-11-18)26-25(29)20(13-16-7-12-22-23(14-16)33-15-32-22)27-24(28)19-5-3-4-6-21(19)31-2/h3-14H,15H2,1-2H3,(H,26,29)(H,27,28). The van der Waals surface area contributed by atoms with Crippen LogP contribution in [0.2, 0.25) is 0 Å². The molecule has 0 unspecified atom stereocenters. The second kappa shape index (κ2) is 9.78. The van der Waals surface area contributed by atoms with Gasteiger partial charge in [0.2, 0.25) is 6.79 Å². The fourth-order valence-corrected chi connectivity index (χ4v) is 3.22. The van der Waals surface area contributed by atoms with Gasteiger partial charge in [-0.2, -0.15) is 0 Å². The largest absolute Gasteiger partial charge is 0.497 e. The number of rotatable bonds is 7. The Labute approximate surface area is 190 Å². The van der Waals surface area contributed by atoms with E-state index < -0.39 is 11.8 Å². The molecule has 3 aromatic rings. The molecule has 0 radical (unpaired) electrons. The molecule has 0 bridgehead atoms. The maximum absolute atomic E-state index is 13.1.